The van der Waals surface area contributed by atoms with Crippen molar-refractivity contribution in [3.05, 3.63) is 29.8 Å². The number of anilines is 1. The Morgan fingerprint density at radius 1 is 1.33 bits per heavy atom. The summed E-state index contributed by atoms with van der Waals surface area (Å²) in [6.07, 6.45) is 3.29. The molecule has 1 aliphatic carbocycles. The molecule has 1 amide bonds. The molecule has 3 N–H and O–H groups in total. The highest BCUT2D eigenvalue weighted by Gasteiger charge is 2.35. The molecule has 18 heavy (non-hydrogen) atoms. The maximum Gasteiger partial charge on any atom is 0.221 e. The number of benzene rings is 1. The Morgan fingerprint density at radius 2 is 2.00 bits per heavy atom. The van der Waals surface area contributed by atoms with E-state index in [1.807, 2.05) is 24.3 Å². The van der Waals surface area contributed by atoms with Crippen LogP contribution in [-0.2, 0) is 11.3 Å². The van der Waals surface area contributed by atoms with Gasteiger partial charge in [0, 0.05) is 24.7 Å². The van der Waals surface area contributed by atoms with E-state index >= 15 is 0 Å². The van der Waals surface area contributed by atoms with E-state index in [4.69, 9.17) is 0 Å². The average Bonchev–Trinajstić information content (AvgIpc) is 2.30. The standard InChI is InChI=1S/C14H20N2O2/c1-11(18)16-13-5-3-12(4-6-13)9-15-14(10-17)7-2-8-14/h3-6,15,17H,2,7-10H2,1H3,(H,16,18). The Labute approximate surface area is 107 Å². The molecule has 4 nitrogen and oxygen atoms in total. The van der Waals surface area contributed by atoms with Crippen molar-refractivity contribution in [1.82, 2.24) is 5.32 Å². The van der Waals surface area contributed by atoms with Gasteiger partial charge >= 0.3 is 0 Å². The summed E-state index contributed by atoms with van der Waals surface area (Å²) in [4.78, 5) is 10.9. The molecule has 2 rings (SSSR count). The molecule has 0 unspecified atom stereocenters. The summed E-state index contributed by atoms with van der Waals surface area (Å²) < 4.78 is 0. The van der Waals surface area contributed by atoms with E-state index < -0.39 is 0 Å². The van der Waals surface area contributed by atoms with E-state index in [0.717, 1.165) is 30.6 Å². The van der Waals surface area contributed by atoms with Crippen LogP contribution in [0.15, 0.2) is 24.3 Å². The summed E-state index contributed by atoms with van der Waals surface area (Å²) in [6, 6.07) is 7.76. The minimum absolute atomic E-state index is 0.0592. The lowest BCUT2D eigenvalue weighted by Crippen LogP contribution is -2.53. The molecule has 4 heteroatoms. The summed E-state index contributed by atoms with van der Waals surface area (Å²) in [5.41, 5.74) is 1.91. The molecule has 1 fully saturated rings. The highest BCUT2D eigenvalue weighted by atomic mass is 16.3. The topological polar surface area (TPSA) is 61.4 Å². The third-order valence-corrected chi connectivity index (χ3v) is 3.56. The second-order valence-corrected chi connectivity index (χ2v) is 5.02. The zero-order valence-corrected chi connectivity index (χ0v) is 10.7. The van der Waals surface area contributed by atoms with Crippen LogP contribution in [0.2, 0.25) is 0 Å². The molecule has 98 valence electrons. The maximum atomic E-state index is 10.9. The van der Waals surface area contributed by atoms with Crippen LogP contribution >= 0.6 is 0 Å². The minimum Gasteiger partial charge on any atom is -0.394 e. The third kappa shape index (κ3) is 3.09. The van der Waals surface area contributed by atoms with E-state index in [1.165, 1.54) is 13.3 Å². The number of rotatable bonds is 5. The van der Waals surface area contributed by atoms with Crippen LogP contribution in [0, 0.1) is 0 Å². The molecule has 0 radical (unpaired) electrons. The van der Waals surface area contributed by atoms with Gasteiger partial charge in [-0.05, 0) is 37.0 Å². The summed E-state index contributed by atoms with van der Waals surface area (Å²) in [6.45, 7) is 2.45. The highest BCUT2D eigenvalue weighted by Crippen LogP contribution is 2.31. The van der Waals surface area contributed by atoms with Crippen LogP contribution in [0.5, 0.6) is 0 Å². The molecule has 1 aliphatic rings. The second-order valence-electron chi connectivity index (χ2n) is 5.02. The van der Waals surface area contributed by atoms with Gasteiger partial charge in [0.05, 0.1) is 6.61 Å². The average molecular weight is 248 g/mol. The van der Waals surface area contributed by atoms with Crippen LogP contribution < -0.4 is 10.6 Å². The fraction of sp³-hybridized carbons (Fsp3) is 0.500. The van der Waals surface area contributed by atoms with Crippen molar-refractivity contribution >= 4 is 11.6 Å². The number of amides is 1. The van der Waals surface area contributed by atoms with Crippen LogP contribution in [0.4, 0.5) is 5.69 Å². The van der Waals surface area contributed by atoms with Crippen molar-refractivity contribution in [2.24, 2.45) is 0 Å². The first-order valence-corrected chi connectivity index (χ1v) is 6.36. The Kier molecular flexibility index (Phi) is 3.99. The Bertz CT molecular complexity index is 405. The fourth-order valence-electron chi connectivity index (χ4n) is 2.19. The second kappa shape index (κ2) is 5.50. The zero-order valence-electron chi connectivity index (χ0n) is 10.7. The predicted molar refractivity (Wildman–Crippen MR) is 71.3 cm³/mol. The van der Waals surface area contributed by atoms with Crippen LogP contribution in [0.25, 0.3) is 0 Å². The lowest BCUT2D eigenvalue weighted by atomic mass is 9.77. The highest BCUT2D eigenvalue weighted by molar-refractivity contribution is 5.88. The van der Waals surface area contributed by atoms with Crippen LogP contribution in [0.1, 0.15) is 31.7 Å². The number of carbonyl (C=O) groups excluding carboxylic acids is 1. The number of hydrogen-bond donors (Lipinski definition) is 3. The van der Waals surface area contributed by atoms with Gasteiger partial charge in [0.25, 0.3) is 0 Å². The monoisotopic (exact) mass is 248 g/mol. The van der Waals surface area contributed by atoms with Gasteiger partial charge in [0.15, 0.2) is 0 Å². The van der Waals surface area contributed by atoms with Crippen molar-refractivity contribution < 1.29 is 9.90 Å². The first kappa shape index (κ1) is 13.1. The van der Waals surface area contributed by atoms with Crippen molar-refractivity contribution in [3.63, 3.8) is 0 Å². The molecule has 0 atom stereocenters. The van der Waals surface area contributed by atoms with Gasteiger partial charge in [-0.15, -0.1) is 0 Å². The van der Waals surface area contributed by atoms with Crippen molar-refractivity contribution in [3.8, 4) is 0 Å². The number of nitrogens with one attached hydrogen (secondary N) is 2. The summed E-state index contributed by atoms with van der Waals surface area (Å²) in [5.74, 6) is -0.0606. The molecule has 1 aromatic carbocycles. The number of aliphatic hydroxyl groups excluding tert-OH is 1. The lowest BCUT2D eigenvalue weighted by molar-refractivity contribution is -0.114. The zero-order chi connectivity index (χ0) is 13.0. The van der Waals surface area contributed by atoms with Gasteiger partial charge in [-0.25, -0.2) is 0 Å². The summed E-state index contributed by atoms with van der Waals surface area (Å²) in [5, 5.41) is 15.5. The quantitative estimate of drug-likeness (QED) is 0.742. The van der Waals surface area contributed by atoms with E-state index in [1.54, 1.807) is 0 Å². The van der Waals surface area contributed by atoms with E-state index in [-0.39, 0.29) is 18.1 Å². The number of carbonyl (C=O) groups is 1. The van der Waals surface area contributed by atoms with Crippen LogP contribution in [-0.4, -0.2) is 23.2 Å². The van der Waals surface area contributed by atoms with Gasteiger partial charge in [-0.3, -0.25) is 4.79 Å². The first-order chi connectivity index (χ1) is 8.63. The molecule has 1 saturated carbocycles. The van der Waals surface area contributed by atoms with Crippen molar-refractivity contribution in [2.45, 2.75) is 38.3 Å². The smallest absolute Gasteiger partial charge is 0.221 e. The molecule has 0 aliphatic heterocycles. The molecule has 0 aromatic heterocycles. The van der Waals surface area contributed by atoms with Crippen molar-refractivity contribution in [2.75, 3.05) is 11.9 Å². The first-order valence-electron chi connectivity index (χ1n) is 6.36. The molecular formula is C14H20N2O2. The molecule has 1 aromatic rings. The number of aliphatic hydroxyl groups is 1. The van der Waals surface area contributed by atoms with Gasteiger partial charge in [-0.2, -0.15) is 0 Å². The van der Waals surface area contributed by atoms with Crippen molar-refractivity contribution in [1.29, 1.82) is 0 Å². The fourth-order valence-corrected chi connectivity index (χ4v) is 2.19. The molecule has 0 saturated heterocycles. The van der Waals surface area contributed by atoms with Gasteiger partial charge < -0.3 is 15.7 Å². The lowest BCUT2D eigenvalue weighted by Gasteiger charge is -2.41. The van der Waals surface area contributed by atoms with E-state index in [0.29, 0.717) is 0 Å². The molecule has 0 heterocycles. The number of hydrogen-bond acceptors (Lipinski definition) is 3. The Hall–Kier alpha value is -1.39. The van der Waals surface area contributed by atoms with Gasteiger partial charge in [0.1, 0.15) is 0 Å². The normalized spacial score (nSPS) is 17.0. The SMILES string of the molecule is CC(=O)Nc1ccc(CNC2(CO)CCC2)cc1. The van der Waals surface area contributed by atoms with Gasteiger partial charge in [0.2, 0.25) is 5.91 Å². The Morgan fingerprint density at radius 3 is 2.44 bits per heavy atom. The largest absolute Gasteiger partial charge is 0.394 e. The summed E-state index contributed by atoms with van der Waals surface area (Å²) >= 11 is 0. The maximum absolute atomic E-state index is 10.9. The molecule has 0 spiro atoms. The van der Waals surface area contributed by atoms with Crippen LogP contribution in [0.3, 0.4) is 0 Å². The molecular weight excluding hydrogens is 228 g/mol. The van der Waals surface area contributed by atoms with Gasteiger partial charge in [-0.1, -0.05) is 12.1 Å². The van der Waals surface area contributed by atoms with E-state index in [2.05, 4.69) is 10.6 Å². The predicted octanol–water partition coefficient (Wildman–Crippen LogP) is 1.65. The molecule has 0 bridgehead atoms. The summed E-state index contributed by atoms with van der Waals surface area (Å²) in [7, 11) is 0. The third-order valence-electron chi connectivity index (χ3n) is 3.56. The van der Waals surface area contributed by atoms with E-state index in [9.17, 15) is 9.90 Å². The minimum atomic E-state index is -0.0606. The Balaban J connectivity index is 1.88.